The first-order valence-corrected chi connectivity index (χ1v) is 7.13. The average Bonchev–Trinajstić information content (AvgIpc) is 2.27. The van der Waals surface area contributed by atoms with Crippen molar-refractivity contribution < 1.29 is 13.2 Å². The van der Waals surface area contributed by atoms with Crippen LogP contribution in [-0.4, -0.2) is 36.8 Å². The molecule has 0 heterocycles. The number of hydrogen-bond acceptors (Lipinski definition) is 2. The van der Waals surface area contributed by atoms with Crippen LogP contribution in [0.5, 0.6) is 0 Å². The Hall–Kier alpha value is -1.07. The van der Waals surface area contributed by atoms with Gasteiger partial charge in [0.05, 0.1) is 6.54 Å². The minimum atomic E-state index is -4.15. The van der Waals surface area contributed by atoms with E-state index in [0.29, 0.717) is 6.54 Å². The van der Waals surface area contributed by atoms with Crippen LogP contribution >= 0.6 is 0 Å². The summed E-state index contributed by atoms with van der Waals surface area (Å²) in [7, 11) is 1.48. The van der Waals surface area contributed by atoms with Gasteiger partial charge in [-0.3, -0.25) is 4.90 Å². The van der Waals surface area contributed by atoms with Crippen molar-refractivity contribution in [2.24, 2.45) is 0 Å². The minimum Gasteiger partial charge on any atom is -0.312 e. The number of nitrogens with one attached hydrogen (secondary N) is 1. The molecule has 1 aromatic carbocycles. The zero-order valence-corrected chi connectivity index (χ0v) is 13.2. The largest absolute Gasteiger partial charge is 0.401 e. The van der Waals surface area contributed by atoms with E-state index in [4.69, 9.17) is 0 Å². The summed E-state index contributed by atoms with van der Waals surface area (Å²) < 4.78 is 36.8. The van der Waals surface area contributed by atoms with Crippen molar-refractivity contribution in [2.75, 3.05) is 20.1 Å². The number of hydrogen-bond donors (Lipinski definition) is 1. The summed E-state index contributed by atoms with van der Waals surface area (Å²) in [6.07, 6.45) is -3.23. The molecule has 0 radical (unpaired) electrons. The van der Waals surface area contributed by atoms with E-state index in [1.165, 1.54) is 17.5 Å². The molecule has 0 fully saturated rings. The lowest BCUT2D eigenvalue weighted by atomic mass is 10.1. The topological polar surface area (TPSA) is 15.3 Å². The zero-order chi connectivity index (χ0) is 16.1. The Balaban J connectivity index is 2.43. The van der Waals surface area contributed by atoms with Gasteiger partial charge in [0.15, 0.2) is 0 Å². The fraction of sp³-hybridized carbons (Fsp3) is 0.625. The molecule has 2 nitrogen and oxygen atoms in total. The average molecular weight is 302 g/mol. The van der Waals surface area contributed by atoms with Crippen molar-refractivity contribution in [1.82, 2.24) is 10.2 Å². The van der Waals surface area contributed by atoms with Gasteiger partial charge in [-0.05, 0) is 51.9 Å². The zero-order valence-electron chi connectivity index (χ0n) is 13.2. The molecular weight excluding hydrogens is 277 g/mol. The second-order valence-corrected chi connectivity index (χ2v) is 6.53. The van der Waals surface area contributed by atoms with Gasteiger partial charge in [-0.1, -0.05) is 24.3 Å². The van der Waals surface area contributed by atoms with Crippen LogP contribution in [0.3, 0.4) is 0 Å². The van der Waals surface area contributed by atoms with Gasteiger partial charge in [0.1, 0.15) is 0 Å². The molecule has 0 aliphatic rings. The van der Waals surface area contributed by atoms with Gasteiger partial charge >= 0.3 is 6.18 Å². The van der Waals surface area contributed by atoms with Crippen LogP contribution in [-0.2, 0) is 13.0 Å². The smallest absolute Gasteiger partial charge is 0.312 e. The molecule has 0 aromatic heterocycles. The Morgan fingerprint density at radius 1 is 1.00 bits per heavy atom. The molecule has 0 aliphatic heterocycles. The maximum absolute atomic E-state index is 12.3. The molecule has 0 unspecified atom stereocenters. The molecular formula is C16H25F3N2. The molecule has 1 aromatic rings. The third kappa shape index (κ3) is 8.73. The third-order valence-corrected chi connectivity index (χ3v) is 2.99. The summed E-state index contributed by atoms with van der Waals surface area (Å²) in [5, 5.41) is 3.41. The summed E-state index contributed by atoms with van der Waals surface area (Å²) in [5.41, 5.74) is 2.18. The van der Waals surface area contributed by atoms with Crippen molar-refractivity contribution in [3.05, 3.63) is 35.4 Å². The van der Waals surface area contributed by atoms with E-state index >= 15 is 0 Å². The van der Waals surface area contributed by atoms with Crippen molar-refractivity contribution in [2.45, 2.75) is 45.5 Å². The fourth-order valence-corrected chi connectivity index (χ4v) is 2.07. The van der Waals surface area contributed by atoms with E-state index in [1.54, 1.807) is 0 Å². The van der Waals surface area contributed by atoms with Gasteiger partial charge in [-0.2, -0.15) is 13.2 Å². The molecule has 0 amide bonds. The maximum atomic E-state index is 12.3. The second-order valence-electron chi connectivity index (χ2n) is 6.53. The number of rotatable bonds is 6. The quantitative estimate of drug-likeness (QED) is 0.863. The highest BCUT2D eigenvalue weighted by Crippen LogP contribution is 2.17. The summed E-state index contributed by atoms with van der Waals surface area (Å²) in [6, 6.07) is 7.78. The summed E-state index contributed by atoms with van der Waals surface area (Å²) in [4.78, 5) is 1.27. The van der Waals surface area contributed by atoms with Crippen LogP contribution in [0.4, 0.5) is 13.2 Å². The molecule has 0 bridgehead atoms. The van der Waals surface area contributed by atoms with E-state index in [1.807, 2.05) is 24.3 Å². The number of halogens is 3. The van der Waals surface area contributed by atoms with Crippen molar-refractivity contribution in [3.63, 3.8) is 0 Å². The van der Waals surface area contributed by atoms with E-state index in [-0.39, 0.29) is 5.54 Å². The van der Waals surface area contributed by atoms with Crippen LogP contribution in [0.1, 0.15) is 31.9 Å². The van der Waals surface area contributed by atoms with Crippen molar-refractivity contribution in [1.29, 1.82) is 0 Å². The number of alkyl halides is 3. The number of benzene rings is 1. The lowest BCUT2D eigenvalue weighted by Gasteiger charge is -2.20. The fourth-order valence-electron chi connectivity index (χ4n) is 2.07. The Morgan fingerprint density at radius 3 is 2.00 bits per heavy atom. The summed E-state index contributed by atoms with van der Waals surface area (Å²) in [6.45, 7) is 6.66. The Kier molecular flexibility index (Phi) is 6.23. The Morgan fingerprint density at radius 2 is 1.52 bits per heavy atom. The minimum absolute atomic E-state index is 0.0975. The predicted molar refractivity (Wildman–Crippen MR) is 80.3 cm³/mol. The Bertz CT molecular complexity index is 419. The van der Waals surface area contributed by atoms with E-state index < -0.39 is 12.7 Å². The normalized spacial score (nSPS) is 13.0. The van der Waals surface area contributed by atoms with Gasteiger partial charge in [0.2, 0.25) is 0 Å². The first-order valence-electron chi connectivity index (χ1n) is 7.13. The van der Waals surface area contributed by atoms with E-state index in [9.17, 15) is 13.2 Å². The van der Waals surface area contributed by atoms with E-state index in [2.05, 4.69) is 26.1 Å². The lowest BCUT2D eigenvalue weighted by Crippen LogP contribution is -2.37. The van der Waals surface area contributed by atoms with Crippen molar-refractivity contribution >= 4 is 0 Å². The molecule has 1 N–H and O–H groups in total. The first kappa shape index (κ1) is 18.0. The molecule has 0 atom stereocenters. The van der Waals surface area contributed by atoms with Gasteiger partial charge in [0, 0.05) is 12.1 Å². The maximum Gasteiger partial charge on any atom is 0.401 e. The van der Waals surface area contributed by atoms with Crippen molar-refractivity contribution in [3.8, 4) is 0 Å². The van der Waals surface area contributed by atoms with Gasteiger partial charge in [-0.15, -0.1) is 0 Å². The first-order chi connectivity index (χ1) is 9.55. The van der Waals surface area contributed by atoms with Crippen LogP contribution in [0.15, 0.2) is 24.3 Å². The van der Waals surface area contributed by atoms with Crippen LogP contribution in [0.25, 0.3) is 0 Å². The second kappa shape index (κ2) is 7.27. The summed E-state index contributed by atoms with van der Waals surface area (Å²) >= 11 is 0. The molecule has 0 saturated heterocycles. The molecule has 21 heavy (non-hydrogen) atoms. The van der Waals surface area contributed by atoms with Crippen LogP contribution < -0.4 is 5.32 Å². The number of nitrogens with zero attached hydrogens (tertiary/aromatic N) is 1. The predicted octanol–water partition coefficient (Wildman–Crippen LogP) is 3.61. The lowest BCUT2D eigenvalue weighted by molar-refractivity contribution is -0.144. The molecule has 120 valence electrons. The monoisotopic (exact) mass is 302 g/mol. The highest BCUT2D eigenvalue weighted by Gasteiger charge is 2.28. The summed E-state index contributed by atoms with van der Waals surface area (Å²) in [5.74, 6) is 0. The molecule has 0 aliphatic carbocycles. The van der Waals surface area contributed by atoms with Gasteiger partial charge in [0.25, 0.3) is 0 Å². The third-order valence-electron chi connectivity index (χ3n) is 2.99. The van der Waals surface area contributed by atoms with E-state index in [0.717, 1.165) is 18.5 Å². The Labute approximate surface area is 125 Å². The SMILES string of the molecule is CN(Cc1ccc(CCNC(C)(C)C)cc1)CC(F)(F)F. The standard InChI is InChI=1S/C16H25F3N2/c1-15(2,3)20-10-9-13-5-7-14(8-6-13)11-21(4)12-16(17,18)19/h5-8,20H,9-12H2,1-4H3. The van der Waals surface area contributed by atoms with Crippen LogP contribution in [0, 0.1) is 0 Å². The van der Waals surface area contributed by atoms with Gasteiger partial charge < -0.3 is 5.32 Å². The van der Waals surface area contributed by atoms with Gasteiger partial charge in [-0.25, -0.2) is 0 Å². The molecule has 0 saturated carbocycles. The highest BCUT2D eigenvalue weighted by molar-refractivity contribution is 5.22. The molecule has 1 rings (SSSR count). The molecule has 0 spiro atoms. The highest BCUT2D eigenvalue weighted by atomic mass is 19.4. The molecule has 5 heteroatoms. The van der Waals surface area contributed by atoms with Crippen LogP contribution in [0.2, 0.25) is 0 Å².